The van der Waals surface area contributed by atoms with E-state index in [1.165, 1.54) is 41.3 Å². The quantitative estimate of drug-likeness (QED) is 0.233. The minimum absolute atomic E-state index is 0.00250. The zero-order valence-electron chi connectivity index (χ0n) is 17.8. The normalized spacial score (nSPS) is 17.3. The number of anilines is 1. The fourth-order valence-electron chi connectivity index (χ4n) is 3.79. The molecule has 1 heterocycles. The third-order valence-corrected chi connectivity index (χ3v) is 6.41. The molecular weight excluding hydrogens is 501 g/mol. The van der Waals surface area contributed by atoms with Crippen molar-refractivity contribution >= 4 is 57.9 Å². The first-order valence-electron chi connectivity index (χ1n) is 10.2. The number of aliphatic hydroxyl groups is 1. The number of hydrogen-bond acceptors (Lipinski definition) is 5. The highest BCUT2D eigenvalue weighted by Crippen LogP contribution is 2.44. The maximum Gasteiger partial charge on any atom is 0.300 e. The number of halogens is 3. The van der Waals surface area contributed by atoms with Crippen molar-refractivity contribution in [3.63, 3.8) is 0 Å². The number of rotatable bonds is 5. The Hall–Kier alpha value is -3.19. The second-order valence-electron chi connectivity index (χ2n) is 7.43. The summed E-state index contributed by atoms with van der Waals surface area (Å²) in [5, 5.41) is 21.7. The standard InChI is InChI=1S/C25H18Cl3NO5/c1-2-34-16-8-10-18(26)17(12-16)23(31)21-22(13-3-6-15(30)7-4-13)29(25(33)24(21)32)14-5-9-19(27)20(28)11-14/h3-12,22,30-31H,2H2,1H3/b23-21+. The van der Waals surface area contributed by atoms with Crippen LogP contribution in [0.5, 0.6) is 11.5 Å². The van der Waals surface area contributed by atoms with Crippen molar-refractivity contribution in [3.05, 3.63) is 92.4 Å². The van der Waals surface area contributed by atoms with Gasteiger partial charge in [-0.25, -0.2) is 0 Å². The topological polar surface area (TPSA) is 87.1 Å². The molecule has 0 saturated carbocycles. The smallest absolute Gasteiger partial charge is 0.300 e. The monoisotopic (exact) mass is 517 g/mol. The lowest BCUT2D eigenvalue weighted by Gasteiger charge is -2.26. The molecule has 1 amide bonds. The summed E-state index contributed by atoms with van der Waals surface area (Å²) in [6.07, 6.45) is 0. The van der Waals surface area contributed by atoms with E-state index in [1.807, 2.05) is 6.92 Å². The minimum Gasteiger partial charge on any atom is -0.508 e. The third kappa shape index (κ3) is 4.32. The maximum atomic E-state index is 13.2. The first-order valence-corrected chi connectivity index (χ1v) is 11.3. The van der Waals surface area contributed by atoms with Crippen LogP contribution in [0.25, 0.3) is 5.76 Å². The number of carbonyl (C=O) groups excluding carboxylic acids is 2. The molecule has 1 aliphatic heterocycles. The van der Waals surface area contributed by atoms with Gasteiger partial charge in [-0.1, -0.05) is 46.9 Å². The summed E-state index contributed by atoms with van der Waals surface area (Å²) >= 11 is 18.5. The van der Waals surface area contributed by atoms with Gasteiger partial charge in [0.25, 0.3) is 11.7 Å². The zero-order valence-corrected chi connectivity index (χ0v) is 20.0. The summed E-state index contributed by atoms with van der Waals surface area (Å²) in [4.78, 5) is 27.7. The minimum atomic E-state index is -1.02. The molecule has 34 heavy (non-hydrogen) atoms. The van der Waals surface area contributed by atoms with Gasteiger partial charge in [0, 0.05) is 11.3 Å². The molecule has 1 fully saturated rings. The van der Waals surface area contributed by atoms with E-state index >= 15 is 0 Å². The van der Waals surface area contributed by atoms with Crippen molar-refractivity contribution in [1.82, 2.24) is 0 Å². The molecule has 1 unspecified atom stereocenters. The zero-order chi connectivity index (χ0) is 24.6. The number of aliphatic hydroxyl groups excluding tert-OH is 1. The number of nitrogens with zero attached hydrogens (tertiary/aromatic N) is 1. The first kappa shape index (κ1) is 24.0. The van der Waals surface area contributed by atoms with Crippen molar-refractivity contribution < 1.29 is 24.5 Å². The second kappa shape index (κ2) is 9.58. The Labute approximate surface area is 210 Å². The summed E-state index contributed by atoms with van der Waals surface area (Å²) in [5.41, 5.74) is 0.755. The number of Topliss-reactive ketones (excluding diaryl/α,β-unsaturated/α-hetero) is 1. The lowest BCUT2D eigenvalue weighted by molar-refractivity contribution is -0.132. The highest BCUT2D eigenvalue weighted by Gasteiger charge is 2.47. The largest absolute Gasteiger partial charge is 0.508 e. The van der Waals surface area contributed by atoms with Gasteiger partial charge in [-0.05, 0) is 61.0 Å². The summed E-state index contributed by atoms with van der Waals surface area (Å²) < 4.78 is 5.49. The fraction of sp³-hybridized carbons (Fsp3) is 0.120. The van der Waals surface area contributed by atoms with Crippen molar-refractivity contribution in [2.75, 3.05) is 11.5 Å². The Bertz CT molecular complexity index is 1320. The summed E-state index contributed by atoms with van der Waals surface area (Å²) in [6, 6.07) is 14.1. The molecule has 6 nitrogen and oxygen atoms in total. The Balaban J connectivity index is 1.96. The molecule has 2 N–H and O–H groups in total. The van der Waals surface area contributed by atoms with Crippen LogP contribution in [0.3, 0.4) is 0 Å². The van der Waals surface area contributed by atoms with Gasteiger partial charge >= 0.3 is 0 Å². The van der Waals surface area contributed by atoms with Crippen LogP contribution in [0, 0.1) is 0 Å². The van der Waals surface area contributed by atoms with Crippen molar-refractivity contribution in [1.29, 1.82) is 0 Å². The van der Waals surface area contributed by atoms with E-state index in [1.54, 1.807) is 24.3 Å². The number of ketones is 1. The molecule has 0 aliphatic carbocycles. The van der Waals surface area contributed by atoms with E-state index in [4.69, 9.17) is 39.5 Å². The van der Waals surface area contributed by atoms with Crippen molar-refractivity contribution in [3.8, 4) is 11.5 Å². The number of phenolic OH excluding ortho intramolecular Hbond substituents is 1. The van der Waals surface area contributed by atoms with Crippen LogP contribution in [-0.2, 0) is 9.59 Å². The molecule has 9 heteroatoms. The SMILES string of the molecule is CCOc1ccc(Cl)c(/C(O)=C2\C(=O)C(=O)N(c3ccc(Cl)c(Cl)c3)C2c2ccc(O)cc2)c1. The van der Waals surface area contributed by atoms with Gasteiger partial charge in [-0.15, -0.1) is 0 Å². The number of aromatic hydroxyl groups is 1. The van der Waals surface area contributed by atoms with Crippen LogP contribution >= 0.6 is 34.8 Å². The Morgan fingerprint density at radius 3 is 2.26 bits per heavy atom. The average Bonchev–Trinajstić information content (AvgIpc) is 3.08. The van der Waals surface area contributed by atoms with Crippen LogP contribution in [-0.4, -0.2) is 28.5 Å². The summed E-state index contributed by atoms with van der Waals surface area (Å²) in [5.74, 6) is -1.78. The number of hydrogen-bond donors (Lipinski definition) is 2. The predicted molar refractivity (Wildman–Crippen MR) is 132 cm³/mol. The van der Waals surface area contributed by atoms with E-state index in [9.17, 15) is 19.8 Å². The molecular formula is C25H18Cl3NO5. The lowest BCUT2D eigenvalue weighted by Crippen LogP contribution is -2.29. The maximum absolute atomic E-state index is 13.2. The summed E-state index contributed by atoms with van der Waals surface area (Å²) in [6.45, 7) is 2.19. The molecule has 0 radical (unpaired) electrons. The van der Waals surface area contributed by atoms with Crippen molar-refractivity contribution in [2.24, 2.45) is 0 Å². The molecule has 3 aromatic carbocycles. The number of amides is 1. The van der Waals surface area contributed by atoms with Gasteiger partial charge in [0.1, 0.15) is 17.3 Å². The average molecular weight is 519 g/mol. The number of carbonyl (C=O) groups is 2. The van der Waals surface area contributed by atoms with E-state index < -0.39 is 23.5 Å². The number of benzene rings is 3. The van der Waals surface area contributed by atoms with E-state index in [2.05, 4.69) is 0 Å². The molecule has 3 aromatic rings. The van der Waals surface area contributed by atoms with Gasteiger partial charge < -0.3 is 14.9 Å². The van der Waals surface area contributed by atoms with Crippen LogP contribution in [0.4, 0.5) is 5.69 Å². The molecule has 0 spiro atoms. The van der Waals surface area contributed by atoms with Gasteiger partial charge in [-0.3, -0.25) is 14.5 Å². The highest BCUT2D eigenvalue weighted by atomic mass is 35.5. The summed E-state index contributed by atoms with van der Waals surface area (Å²) in [7, 11) is 0. The van der Waals surface area contributed by atoms with Gasteiger partial charge in [-0.2, -0.15) is 0 Å². The molecule has 0 bridgehead atoms. The second-order valence-corrected chi connectivity index (χ2v) is 8.66. The van der Waals surface area contributed by atoms with Crippen LogP contribution in [0.2, 0.25) is 15.1 Å². The molecule has 4 rings (SSSR count). The van der Waals surface area contributed by atoms with Crippen LogP contribution < -0.4 is 9.64 Å². The Morgan fingerprint density at radius 2 is 1.62 bits per heavy atom. The molecule has 1 aliphatic rings. The molecule has 174 valence electrons. The van der Waals surface area contributed by atoms with Crippen molar-refractivity contribution in [2.45, 2.75) is 13.0 Å². The fourth-order valence-corrected chi connectivity index (χ4v) is 4.29. The molecule has 1 saturated heterocycles. The van der Waals surface area contributed by atoms with Crippen LogP contribution in [0.15, 0.2) is 66.2 Å². The Morgan fingerprint density at radius 1 is 0.941 bits per heavy atom. The molecule has 0 aromatic heterocycles. The van der Waals surface area contributed by atoms with E-state index in [0.717, 1.165) is 0 Å². The van der Waals surface area contributed by atoms with Gasteiger partial charge in [0.15, 0.2) is 0 Å². The highest BCUT2D eigenvalue weighted by molar-refractivity contribution is 6.52. The predicted octanol–water partition coefficient (Wildman–Crippen LogP) is 6.38. The van der Waals surface area contributed by atoms with Gasteiger partial charge in [0.05, 0.1) is 33.3 Å². The number of phenols is 1. The lowest BCUT2D eigenvalue weighted by atomic mass is 9.95. The van der Waals surface area contributed by atoms with E-state index in [-0.39, 0.29) is 32.0 Å². The Kier molecular flexibility index (Phi) is 6.75. The molecule has 1 atom stereocenters. The van der Waals surface area contributed by atoms with E-state index in [0.29, 0.717) is 23.6 Å². The first-order chi connectivity index (χ1) is 16.2. The number of ether oxygens (including phenoxy) is 1. The third-order valence-electron chi connectivity index (χ3n) is 5.34. The van der Waals surface area contributed by atoms with Crippen LogP contribution in [0.1, 0.15) is 24.1 Å². The van der Waals surface area contributed by atoms with Gasteiger partial charge in [0.2, 0.25) is 0 Å².